The molecule has 18 heavy (non-hydrogen) atoms. The molecule has 1 saturated heterocycles. The van der Waals surface area contributed by atoms with Gasteiger partial charge in [0.15, 0.2) is 0 Å². The Bertz CT molecular complexity index is 529. The number of hydrogen-bond acceptors (Lipinski definition) is 4. The molecule has 0 atom stereocenters. The number of nitrogens with zero attached hydrogens (tertiary/aromatic N) is 1. The Morgan fingerprint density at radius 3 is 2.83 bits per heavy atom. The van der Waals surface area contributed by atoms with Crippen molar-refractivity contribution in [2.24, 2.45) is 5.73 Å². The van der Waals surface area contributed by atoms with E-state index in [4.69, 9.17) is 10.2 Å². The third-order valence-electron chi connectivity index (χ3n) is 3.46. The van der Waals surface area contributed by atoms with E-state index in [1.54, 1.807) is 0 Å². The zero-order chi connectivity index (χ0) is 12.4. The summed E-state index contributed by atoms with van der Waals surface area (Å²) in [5, 5.41) is 4.52. The minimum Gasteiger partial charge on any atom is -0.460 e. The van der Waals surface area contributed by atoms with E-state index >= 15 is 0 Å². The maximum Gasteiger partial charge on any atom is 0.134 e. The summed E-state index contributed by atoms with van der Waals surface area (Å²) in [6.07, 6.45) is 0. The van der Waals surface area contributed by atoms with Gasteiger partial charge in [-0.3, -0.25) is 4.90 Å². The molecule has 1 aromatic carbocycles. The van der Waals surface area contributed by atoms with Crippen LogP contribution in [0.4, 0.5) is 0 Å². The summed E-state index contributed by atoms with van der Waals surface area (Å²) in [4.78, 5) is 2.41. The van der Waals surface area contributed by atoms with Crippen LogP contribution in [-0.4, -0.2) is 31.1 Å². The average Bonchev–Trinajstić information content (AvgIpc) is 2.80. The van der Waals surface area contributed by atoms with E-state index < -0.39 is 0 Å². The highest BCUT2D eigenvalue weighted by atomic mass is 16.3. The second-order valence-corrected chi connectivity index (χ2v) is 4.82. The van der Waals surface area contributed by atoms with Gasteiger partial charge in [0.2, 0.25) is 0 Å². The zero-order valence-corrected chi connectivity index (χ0v) is 10.5. The molecule has 0 aliphatic carbocycles. The van der Waals surface area contributed by atoms with Gasteiger partial charge in [0.1, 0.15) is 11.3 Å². The van der Waals surface area contributed by atoms with Crippen molar-refractivity contribution in [3.05, 3.63) is 35.6 Å². The Morgan fingerprint density at radius 2 is 2.06 bits per heavy atom. The lowest BCUT2D eigenvalue weighted by atomic mass is 10.2. The van der Waals surface area contributed by atoms with Crippen molar-refractivity contribution < 1.29 is 4.42 Å². The Hall–Kier alpha value is -1.36. The monoisotopic (exact) mass is 245 g/mol. The van der Waals surface area contributed by atoms with Crippen molar-refractivity contribution in [2.45, 2.75) is 13.1 Å². The number of piperazine rings is 1. The second-order valence-electron chi connectivity index (χ2n) is 4.82. The highest BCUT2D eigenvalue weighted by Gasteiger charge is 2.12. The lowest BCUT2D eigenvalue weighted by Crippen LogP contribution is -2.42. The second kappa shape index (κ2) is 5.10. The van der Waals surface area contributed by atoms with Crippen LogP contribution in [0.5, 0.6) is 0 Å². The lowest BCUT2D eigenvalue weighted by Gasteiger charge is -2.26. The molecule has 1 aliphatic heterocycles. The van der Waals surface area contributed by atoms with Crippen molar-refractivity contribution in [2.75, 3.05) is 26.2 Å². The first kappa shape index (κ1) is 11.7. The molecule has 2 heterocycles. The fourth-order valence-corrected chi connectivity index (χ4v) is 2.43. The summed E-state index contributed by atoms with van der Waals surface area (Å²) in [7, 11) is 0. The van der Waals surface area contributed by atoms with Gasteiger partial charge in [-0.05, 0) is 17.7 Å². The summed E-state index contributed by atoms with van der Waals surface area (Å²) < 4.78 is 5.90. The summed E-state index contributed by atoms with van der Waals surface area (Å²) in [5.41, 5.74) is 7.70. The number of nitrogens with one attached hydrogen (secondary N) is 1. The number of nitrogens with two attached hydrogens (primary N) is 1. The molecule has 4 nitrogen and oxygen atoms in total. The number of rotatable bonds is 3. The van der Waals surface area contributed by atoms with Gasteiger partial charge in [0.25, 0.3) is 0 Å². The zero-order valence-electron chi connectivity index (χ0n) is 10.5. The Kier molecular flexibility index (Phi) is 3.32. The van der Waals surface area contributed by atoms with Crippen LogP contribution in [0.2, 0.25) is 0 Å². The van der Waals surface area contributed by atoms with Crippen molar-refractivity contribution in [3.8, 4) is 0 Å². The molecule has 0 spiro atoms. The first-order valence-electron chi connectivity index (χ1n) is 6.49. The summed E-state index contributed by atoms with van der Waals surface area (Å²) in [6.45, 7) is 5.77. The number of fused-ring (bicyclic) bond motifs is 1. The molecule has 1 fully saturated rings. The van der Waals surface area contributed by atoms with Crippen LogP contribution in [0, 0.1) is 0 Å². The fourth-order valence-electron chi connectivity index (χ4n) is 2.43. The molecule has 1 aromatic heterocycles. The fraction of sp³-hybridized carbons (Fsp3) is 0.429. The molecule has 0 saturated carbocycles. The normalized spacial score (nSPS) is 17.4. The van der Waals surface area contributed by atoms with E-state index in [1.807, 2.05) is 6.07 Å². The molecule has 0 radical (unpaired) electrons. The Balaban J connectivity index is 1.79. The van der Waals surface area contributed by atoms with Crippen LogP contribution >= 0.6 is 0 Å². The van der Waals surface area contributed by atoms with Gasteiger partial charge in [-0.1, -0.05) is 12.1 Å². The van der Waals surface area contributed by atoms with Crippen LogP contribution in [-0.2, 0) is 13.1 Å². The molecule has 3 N–H and O–H groups in total. The van der Waals surface area contributed by atoms with Gasteiger partial charge in [-0.25, -0.2) is 0 Å². The molecule has 0 amide bonds. The Labute approximate surface area is 107 Å². The molecule has 0 unspecified atom stereocenters. The van der Waals surface area contributed by atoms with Crippen LogP contribution in [0.3, 0.4) is 0 Å². The van der Waals surface area contributed by atoms with Crippen LogP contribution in [0.25, 0.3) is 11.0 Å². The van der Waals surface area contributed by atoms with Crippen LogP contribution in [0.15, 0.2) is 28.7 Å². The van der Waals surface area contributed by atoms with E-state index in [0.29, 0.717) is 6.54 Å². The van der Waals surface area contributed by atoms with Crippen LogP contribution < -0.4 is 11.1 Å². The van der Waals surface area contributed by atoms with Gasteiger partial charge in [-0.15, -0.1) is 0 Å². The third kappa shape index (κ3) is 2.41. The maximum absolute atomic E-state index is 5.90. The van der Waals surface area contributed by atoms with Gasteiger partial charge in [0, 0.05) is 38.1 Å². The van der Waals surface area contributed by atoms with Crippen molar-refractivity contribution in [1.29, 1.82) is 0 Å². The van der Waals surface area contributed by atoms with Gasteiger partial charge in [0.05, 0.1) is 6.54 Å². The minimum absolute atomic E-state index is 0.559. The molecule has 4 heteroatoms. The number of furan rings is 1. The summed E-state index contributed by atoms with van der Waals surface area (Å²) in [6, 6.07) is 8.32. The molecule has 2 aromatic rings. The molecule has 3 rings (SSSR count). The first-order valence-corrected chi connectivity index (χ1v) is 6.49. The smallest absolute Gasteiger partial charge is 0.134 e. The van der Waals surface area contributed by atoms with Crippen molar-refractivity contribution in [3.63, 3.8) is 0 Å². The molecule has 1 aliphatic rings. The highest BCUT2D eigenvalue weighted by Crippen LogP contribution is 2.21. The minimum atomic E-state index is 0.559. The lowest BCUT2D eigenvalue weighted by molar-refractivity contribution is 0.218. The SMILES string of the molecule is NCc1ccc2cc(CN3CCNCC3)oc2c1. The van der Waals surface area contributed by atoms with Gasteiger partial charge < -0.3 is 15.5 Å². The standard InChI is InChI=1S/C14H19N3O/c15-9-11-1-2-12-8-13(18-14(12)7-11)10-17-5-3-16-4-6-17/h1-2,7-8,16H,3-6,9-10,15H2. The van der Waals surface area contributed by atoms with Crippen molar-refractivity contribution >= 4 is 11.0 Å². The topological polar surface area (TPSA) is 54.4 Å². The Morgan fingerprint density at radius 1 is 1.22 bits per heavy atom. The van der Waals surface area contributed by atoms with E-state index in [-0.39, 0.29) is 0 Å². The molecular formula is C14H19N3O. The predicted octanol–water partition coefficient (Wildman–Crippen LogP) is 1.30. The van der Waals surface area contributed by atoms with Crippen LogP contribution in [0.1, 0.15) is 11.3 Å². The average molecular weight is 245 g/mol. The van der Waals surface area contributed by atoms with E-state index in [9.17, 15) is 0 Å². The van der Waals surface area contributed by atoms with Crippen molar-refractivity contribution in [1.82, 2.24) is 10.2 Å². The molecule has 0 bridgehead atoms. The summed E-state index contributed by atoms with van der Waals surface area (Å²) >= 11 is 0. The third-order valence-corrected chi connectivity index (χ3v) is 3.46. The van der Waals surface area contributed by atoms with E-state index in [2.05, 4.69) is 28.4 Å². The summed E-state index contributed by atoms with van der Waals surface area (Å²) in [5.74, 6) is 1.04. The molecule has 96 valence electrons. The number of hydrogen-bond donors (Lipinski definition) is 2. The van der Waals surface area contributed by atoms with E-state index in [1.165, 1.54) is 0 Å². The molecular weight excluding hydrogens is 226 g/mol. The number of benzene rings is 1. The van der Waals surface area contributed by atoms with Gasteiger partial charge >= 0.3 is 0 Å². The maximum atomic E-state index is 5.90. The largest absolute Gasteiger partial charge is 0.460 e. The predicted molar refractivity (Wildman–Crippen MR) is 72.3 cm³/mol. The van der Waals surface area contributed by atoms with Gasteiger partial charge in [-0.2, -0.15) is 0 Å². The van der Waals surface area contributed by atoms with E-state index in [0.717, 1.165) is 55.0 Å². The highest BCUT2D eigenvalue weighted by molar-refractivity contribution is 5.78. The first-order chi connectivity index (χ1) is 8.85. The quantitative estimate of drug-likeness (QED) is 0.855.